The maximum Gasteiger partial charge on any atom is 0.325 e. The molecule has 176 valence electrons. The molecule has 4 nitrogen and oxygen atoms in total. The molecule has 0 bridgehead atoms. The first-order chi connectivity index (χ1) is 17.1. The Morgan fingerprint density at radius 2 is 1.60 bits per heavy atom. The Hall–Kier alpha value is -3.79. The third kappa shape index (κ3) is 3.39. The first-order valence-corrected chi connectivity index (χ1v) is 12.4. The number of hydrogen-bond donors (Lipinski definition) is 0. The molecule has 0 saturated carbocycles. The second-order valence-corrected chi connectivity index (χ2v) is 9.72. The number of benzene rings is 4. The SMILES string of the molecule is COc1ccc2ccccc2c1-c1cc2c(cc1N1C(=O)N(C)[C@@H](C)[C@H]1c1ccccc1)CCC2. The van der Waals surface area contributed by atoms with Gasteiger partial charge in [-0.15, -0.1) is 0 Å². The predicted octanol–water partition coefficient (Wildman–Crippen LogP) is 7.01. The minimum absolute atomic E-state index is 0.0322. The van der Waals surface area contributed by atoms with Crippen molar-refractivity contribution in [3.63, 3.8) is 0 Å². The minimum atomic E-state index is -0.0760. The summed E-state index contributed by atoms with van der Waals surface area (Å²) in [4.78, 5) is 17.7. The molecule has 1 saturated heterocycles. The van der Waals surface area contributed by atoms with Crippen molar-refractivity contribution in [3.8, 4) is 16.9 Å². The van der Waals surface area contributed by atoms with Crippen LogP contribution in [0.4, 0.5) is 10.5 Å². The van der Waals surface area contributed by atoms with Crippen LogP contribution in [-0.2, 0) is 12.8 Å². The normalized spacial score (nSPS) is 19.5. The van der Waals surface area contributed by atoms with Gasteiger partial charge in [0.2, 0.25) is 0 Å². The van der Waals surface area contributed by atoms with Crippen molar-refractivity contribution in [3.05, 3.63) is 95.6 Å². The van der Waals surface area contributed by atoms with Gasteiger partial charge in [-0.2, -0.15) is 0 Å². The van der Waals surface area contributed by atoms with E-state index >= 15 is 0 Å². The zero-order valence-electron chi connectivity index (χ0n) is 20.5. The molecule has 4 heteroatoms. The topological polar surface area (TPSA) is 32.8 Å². The van der Waals surface area contributed by atoms with Crippen molar-refractivity contribution < 1.29 is 9.53 Å². The summed E-state index contributed by atoms with van der Waals surface area (Å²) in [7, 11) is 3.64. The highest BCUT2D eigenvalue weighted by Crippen LogP contribution is 2.48. The molecule has 2 aliphatic rings. The Bertz CT molecular complexity index is 1430. The van der Waals surface area contributed by atoms with Crippen LogP contribution in [0.5, 0.6) is 5.75 Å². The smallest absolute Gasteiger partial charge is 0.325 e. The van der Waals surface area contributed by atoms with E-state index in [1.807, 2.05) is 29.0 Å². The number of ether oxygens (including phenoxy) is 1. The number of rotatable bonds is 4. The van der Waals surface area contributed by atoms with Crippen LogP contribution in [0.25, 0.3) is 21.9 Å². The summed E-state index contributed by atoms with van der Waals surface area (Å²) in [6.45, 7) is 2.14. The third-order valence-electron chi connectivity index (χ3n) is 7.84. The Morgan fingerprint density at radius 3 is 2.37 bits per heavy atom. The molecular weight excluding hydrogens is 432 g/mol. The lowest BCUT2D eigenvalue weighted by atomic mass is 9.91. The molecule has 1 aliphatic carbocycles. The molecule has 4 aromatic carbocycles. The van der Waals surface area contributed by atoms with Gasteiger partial charge in [0.25, 0.3) is 0 Å². The molecule has 0 radical (unpaired) electrons. The monoisotopic (exact) mass is 462 g/mol. The fourth-order valence-electron chi connectivity index (χ4n) is 5.93. The molecule has 0 unspecified atom stereocenters. The number of amides is 2. The lowest BCUT2D eigenvalue weighted by Gasteiger charge is -2.29. The van der Waals surface area contributed by atoms with Crippen molar-refractivity contribution in [2.75, 3.05) is 19.1 Å². The van der Waals surface area contributed by atoms with E-state index in [2.05, 4.69) is 73.7 Å². The number of fused-ring (bicyclic) bond motifs is 2. The first kappa shape index (κ1) is 21.7. The summed E-state index contributed by atoms with van der Waals surface area (Å²) in [6.07, 6.45) is 3.28. The molecule has 4 aromatic rings. The molecule has 35 heavy (non-hydrogen) atoms. The lowest BCUT2D eigenvalue weighted by Crippen LogP contribution is -2.31. The van der Waals surface area contributed by atoms with E-state index in [1.165, 1.54) is 11.1 Å². The van der Waals surface area contributed by atoms with Gasteiger partial charge in [0.15, 0.2) is 0 Å². The maximum atomic E-state index is 13.8. The van der Waals surface area contributed by atoms with Gasteiger partial charge in [-0.1, -0.05) is 60.7 Å². The molecule has 0 aromatic heterocycles. The first-order valence-electron chi connectivity index (χ1n) is 12.4. The van der Waals surface area contributed by atoms with Gasteiger partial charge in [-0.3, -0.25) is 4.90 Å². The van der Waals surface area contributed by atoms with Gasteiger partial charge >= 0.3 is 6.03 Å². The Morgan fingerprint density at radius 1 is 0.886 bits per heavy atom. The highest BCUT2D eigenvalue weighted by atomic mass is 16.5. The molecule has 1 heterocycles. The molecule has 6 rings (SSSR count). The van der Waals surface area contributed by atoms with E-state index in [-0.39, 0.29) is 18.1 Å². The zero-order chi connectivity index (χ0) is 24.1. The second kappa shape index (κ2) is 8.46. The maximum absolute atomic E-state index is 13.8. The Balaban J connectivity index is 1.65. The zero-order valence-corrected chi connectivity index (χ0v) is 20.5. The van der Waals surface area contributed by atoms with Crippen LogP contribution in [0.3, 0.4) is 0 Å². The van der Waals surface area contributed by atoms with E-state index in [0.29, 0.717) is 0 Å². The number of methoxy groups -OCH3 is 1. The molecule has 0 spiro atoms. The molecular formula is C31H30N2O2. The van der Waals surface area contributed by atoms with Crippen molar-refractivity contribution in [2.24, 2.45) is 0 Å². The quantitative estimate of drug-likeness (QED) is 0.327. The van der Waals surface area contributed by atoms with Gasteiger partial charge in [0.1, 0.15) is 5.75 Å². The van der Waals surface area contributed by atoms with Crippen LogP contribution in [0.15, 0.2) is 78.9 Å². The molecule has 1 aliphatic heterocycles. The fourth-order valence-corrected chi connectivity index (χ4v) is 5.93. The lowest BCUT2D eigenvalue weighted by molar-refractivity contribution is 0.220. The van der Waals surface area contributed by atoms with Crippen molar-refractivity contribution >= 4 is 22.5 Å². The summed E-state index contributed by atoms with van der Waals surface area (Å²) in [5, 5.41) is 2.29. The number of nitrogens with zero attached hydrogens (tertiary/aromatic N) is 2. The highest BCUT2D eigenvalue weighted by Gasteiger charge is 2.44. The summed E-state index contributed by atoms with van der Waals surface area (Å²) in [6, 6.07) is 27.6. The Labute approximate surface area is 206 Å². The third-order valence-corrected chi connectivity index (χ3v) is 7.84. The summed E-state index contributed by atoms with van der Waals surface area (Å²) < 4.78 is 5.91. The van der Waals surface area contributed by atoms with Gasteiger partial charge in [0.05, 0.1) is 24.9 Å². The molecule has 1 fully saturated rings. The largest absolute Gasteiger partial charge is 0.496 e. The van der Waals surface area contributed by atoms with Crippen LogP contribution in [0, 0.1) is 0 Å². The summed E-state index contributed by atoms with van der Waals surface area (Å²) in [5.41, 5.74) is 6.96. The van der Waals surface area contributed by atoms with Crippen molar-refractivity contribution in [2.45, 2.75) is 38.3 Å². The highest BCUT2D eigenvalue weighted by molar-refractivity contribution is 6.07. The van der Waals surface area contributed by atoms with Crippen LogP contribution in [0.2, 0.25) is 0 Å². The average Bonchev–Trinajstić information content (AvgIpc) is 3.45. The van der Waals surface area contributed by atoms with E-state index < -0.39 is 0 Å². The van der Waals surface area contributed by atoms with E-state index in [1.54, 1.807) is 7.11 Å². The van der Waals surface area contributed by atoms with Gasteiger partial charge < -0.3 is 9.64 Å². The molecule has 2 atom stereocenters. The number of carbonyl (C=O) groups excluding carboxylic acids is 1. The second-order valence-electron chi connectivity index (χ2n) is 9.72. The fraction of sp³-hybridized carbons (Fsp3) is 0.258. The number of anilines is 1. The summed E-state index contributed by atoms with van der Waals surface area (Å²) in [5.74, 6) is 0.826. The van der Waals surface area contributed by atoms with Crippen molar-refractivity contribution in [1.29, 1.82) is 0 Å². The standard InChI is InChI=1S/C31H30N2O2/c1-20-30(22-11-5-4-6-12-22)33(31(34)32(20)2)27-19-24-14-9-13-23(24)18-26(27)29-25-15-8-7-10-21(25)16-17-28(29)35-3/h4-8,10-12,15-20,30H,9,13-14H2,1-3H3/t20-,30-/m0/s1. The van der Waals surface area contributed by atoms with E-state index in [4.69, 9.17) is 4.74 Å². The van der Waals surface area contributed by atoms with Crippen LogP contribution < -0.4 is 9.64 Å². The average molecular weight is 463 g/mol. The van der Waals surface area contributed by atoms with Crippen LogP contribution in [0.1, 0.15) is 36.1 Å². The predicted molar refractivity (Wildman–Crippen MR) is 142 cm³/mol. The number of urea groups is 1. The van der Waals surface area contributed by atoms with Crippen molar-refractivity contribution in [1.82, 2.24) is 4.90 Å². The molecule has 2 amide bonds. The van der Waals surface area contributed by atoms with Crippen LogP contribution >= 0.6 is 0 Å². The Kier molecular flexibility index (Phi) is 5.25. The number of likely N-dealkylation sites (N-methyl/N-ethyl adjacent to an activating group) is 1. The van der Waals surface area contributed by atoms with Crippen LogP contribution in [-0.4, -0.2) is 31.1 Å². The molecule has 0 N–H and O–H groups in total. The summed E-state index contributed by atoms with van der Waals surface area (Å²) >= 11 is 0. The van der Waals surface area contributed by atoms with E-state index in [9.17, 15) is 4.79 Å². The van der Waals surface area contributed by atoms with E-state index in [0.717, 1.165) is 58.2 Å². The van der Waals surface area contributed by atoms with Gasteiger partial charge in [-0.25, -0.2) is 4.79 Å². The van der Waals surface area contributed by atoms with Gasteiger partial charge in [0, 0.05) is 18.2 Å². The van der Waals surface area contributed by atoms with Gasteiger partial charge in [-0.05, 0) is 71.8 Å². The number of carbonyl (C=O) groups is 1. The number of hydrogen-bond acceptors (Lipinski definition) is 2. The number of aryl methyl sites for hydroxylation is 2. The minimum Gasteiger partial charge on any atom is -0.496 e.